The Morgan fingerprint density at radius 2 is 2.33 bits per heavy atom. The van der Waals surface area contributed by atoms with Crippen LogP contribution in [0.25, 0.3) is 0 Å². The molecule has 96 valence electrons. The zero-order chi connectivity index (χ0) is 13.1. The van der Waals surface area contributed by atoms with E-state index >= 15 is 0 Å². The Hall–Kier alpha value is -1.86. The maximum absolute atomic E-state index is 12.2. The molecule has 1 saturated heterocycles. The van der Waals surface area contributed by atoms with Gasteiger partial charge in [-0.05, 0) is 12.1 Å². The number of rotatable bonds is 2. The third-order valence-corrected chi connectivity index (χ3v) is 2.83. The largest absolute Gasteiger partial charge is 0.353 e. The van der Waals surface area contributed by atoms with Crippen LogP contribution in [0.5, 0.6) is 0 Å². The maximum Gasteiger partial charge on any atom is 0.274 e. The van der Waals surface area contributed by atoms with Gasteiger partial charge in [-0.3, -0.25) is 9.59 Å². The molecule has 7 nitrogen and oxygen atoms in total. The number of hydrogen-bond donors (Lipinski definition) is 3. The second-order valence-electron chi connectivity index (χ2n) is 3.75. The molecule has 0 bridgehead atoms. The molecule has 2 rings (SSSR count). The standard InChI is InChI=1S/C10H12ClN5O2/c11-6-1-2-7(15-12)14-9(6)10(18)16-4-3-13-8(17)5-16/h1-2H,3-5,12H2,(H,13,17)(H,14,15). The molecule has 8 heteroatoms. The van der Waals surface area contributed by atoms with Gasteiger partial charge in [0.2, 0.25) is 5.91 Å². The van der Waals surface area contributed by atoms with Gasteiger partial charge >= 0.3 is 0 Å². The molecule has 0 unspecified atom stereocenters. The first-order valence-electron chi connectivity index (χ1n) is 5.31. The molecular formula is C10H12ClN5O2. The summed E-state index contributed by atoms with van der Waals surface area (Å²) >= 11 is 5.92. The van der Waals surface area contributed by atoms with E-state index in [-0.39, 0.29) is 29.1 Å². The average Bonchev–Trinajstić information content (AvgIpc) is 2.38. The monoisotopic (exact) mass is 269 g/mol. The first kappa shape index (κ1) is 12.6. The number of aromatic nitrogens is 1. The van der Waals surface area contributed by atoms with Crippen molar-refractivity contribution in [2.24, 2.45) is 5.84 Å². The molecule has 2 amide bonds. The van der Waals surface area contributed by atoms with E-state index in [9.17, 15) is 9.59 Å². The summed E-state index contributed by atoms with van der Waals surface area (Å²) in [5.41, 5.74) is 2.43. The van der Waals surface area contributed by atoms with Crippen LogP contribution in [0.1, 0.15) is 10.5 Å². The minimum Gasteiger partial charge on any atom is -0.353 e. The fourth-order valence-electron chi connectivity index (χ4n) is 1.63. The Bertz CT molecular complexity index is 493. The number of hydrogen-bond acceptors (Lipinski definition) is 5. The highest BCUT2D eigenvalue weighted by Crippen LogP contribution is 2.18. The van der Waals surface area contributed by atoms with Gasteiger partial charge in [0.15, 0.2) is 0 Å². The zero-order valence-corrected chi connectivity index (χ0v) is 10.2. The van der Waals surface area contributed by atoms with E-state index in [0.29, 0.717) is 18.9 Å². The highest BCUT2D eigenvalue weighted by Gasteiger charge is 2.25. The van der Waals surface area contributed by atoms with Crippen molar-refractivity contribution in [1.82, 2.24) is 15.2 Å². The number of nitrogens with zero attached hydrogens (tertiary/aromatic N) is 2. The van der Waals surface area contributed by atoms with E-state index in [1.54, 1.807) is 6.07 Å². The van der Waals surface area contributed by atoms with Gasteiger partial charge < -0.3 is 15.6 Å². The summed E-state index contributed by atoms with van der Waals surface area (Å²) in [4.78, 5) is 28.8. The Morgan fingerprint density at radius 1 is 1.56 bits per heavy atom. The van der Waals surface area contributed by atoms with Crippen molar-refractivity contribution in [1.29, 1.82) is 0 Å². The van der Waals surface area contributed by atoms with Gasteiger partial charge in [0, 0.05) is 13.1 Å². The van der Waals surface area contributed by atoms with Gasteiger partial charge in [-0.1, -0.05) is 11.6 Å². The lowest BCUT2D eigenvalue weighted by Gasteiger charge is -2.26. The van der Waals surface area contributed by atoms with E-state index in [2.05, 4.69) is 15.7 Å². The van der Waals surface area contributed by atoms with Crippen LogP contribution >= 0.6 is 11.6 Å². The molecule has 2 heterocycles. The predicted octanol–water partition coefficient (Wildman–Crippen LogP) is -0.407. The summed E-state index contributed by atoms with van der Waals surface area (Å²) in [6.07, 6.45) is 0. The van der Waals surface area contributed by atoms with Crippen LogP contribution in [-0.4, -0.2) is 41.3 Å². The highest BCUT2D eigenvalue weighted by molar-refractivity contribution is 6.33. The topological polar surface area (TPSA) is 100 Å². The van der Waals surface area contributed by atoms with E-state index in [4.69, 9.17) is 17.4 Å². The first-order chi connectivity index (χ1) is 8.61. The summed E-state index contributed by atoms with van der Waals surface area (Å²) in [5.74, 6) is 4.98. The third-order valence-electron chi connectivity index (χ3n) is 2.52. The summed E-state index contributed by atoms with van der Waals surface area (Å²) < 4.78 is 0. The summed E-state index contributed by atoms with van der Waals surface area (Å²) in [5, 5.41) is 2.86. The lowest BCUT2D eigenvalue weighted by atomic mass is 10.2. The van der Waals surface area contributed by atoms with E-state index in [1.165, 1.54) is 11.0 Å². The Balaban J connectivity index is 2.24. The number of pyridine rings is 1. The van der Waals surface area contributed by atoms with Crippen molar-refractivity contribution in [3.8, 4) is 0 Å². The second-order valence-corrected chi connectivity index (χ2v) is 4.16. The number of nitrogen functional groups attached to an aromatic ring is 1. The summed E-state index contributed by atoms with van der Waals surface area (Å²) in [7, 11) is 0. The maximum atomic E-state index is 12.2. The molecule has 1 aromatic rings. The van der Waals surface area contributed by atoms with E-state index < -0.39 is 0 Å². The number of piperazine rings is 1. The number of nitrogens with two attached hydrogens (primary N) is 1. The molecule has 0 aliphatic carbocycles. The van der Waals surface area contributed by atoms with Crippen LogP contribution in [0, 0.1) is 0 Å². The van der Waals surface area contributed by atoms with Crippen molar-refractivity contribution < 1.29 is 9.59 Å². The minimum absolute atomic E-state index is 0.0110. The number of carbonyl (C=O) groups is 2. The molecule has 0 spiro atoms. The molecule has 4 N–H and O–H groups in total. The normalized spacial score (nSPS) is 15.2. The minimum atomic E-state index is -0.382. The average molecular weight is 270 g/mol. The number of amides is 2. The number of halogens is 1. The van der Waals surface area contributed by atoms with Gasteiger partial charge in [-0.15, -0.1) is 0 Å². The molecule has 0 radical (unpaired) electrons. The molecule has 1 aliphatic heterocycles. The van der Waals surface area contributed by atoms with Crippen LogP contribution in [0.15, 0.2) is 12.1 Å². The molecule has 0 atom stereocenters. The van der Waals surface area contributed by atoms with Gasteiger partial charge in [-0.2, -0.15) is 0 Å². The Morgan fingerprint density at radius 3 is 3.00 bits per heavy atom. The van der Waals surface area contributed by atoms with Crippen molar-refractivity contribution in [3.05, 3.63) is 22.8 Å². The van der Waals surface area contributed by atoms with Gasteiger partial charge in [0.25, 0.3) is 5.91 Å². The first-order valence-corrected chi connectivity index (χ1v) is 5.68. The summed E-state index contributed by atoms with van der Waals surface area (Å²) in [6, 6.07) is 3.09. The van der Waals surface area contributed by atoms with Crippen molar-refractivity contribution in [3.63, 3.8) is 0 Å². The SMILES string of the molecule is NNc1ccc(Cl)c(C(=O)N2CCNC(=O)C2)n1. The number of hydrazine groups is 1. The van der Waals surface area contributed by atoms with Gasteiger partial charge in [-0.25, -0.2) is 10.8 Å². The molecular weight excluding hydrogens is 258 g/mol. The molecule has 1 aromatic heterocycles. The van der Waals surface area contributed by atoms with Crippen LogP contribution in [0.3, 0.4) is 0 Å². The Kier molecular flexibility index (Phi) is 3.63. The quantitative estimate of drug-likeness (QED) is 0.501. The Labute approximate surface area is 108 Å². The lowest BCUT2D eigenvalue weighted by molar-refractivity contribution is -0.123. The van der Waals surface area contributed by atoms with Gasteiger partial charge in [0.1, 0.15) is 11.5 Å². The van der Waals surface area contributed by atoms with Crippen LogP contribution in [0.2, 0.25) is 5.02 Å². The highest BCUT2D eigenvalue weighted by atomic mass is 35.5. The number of anilines is 1. The second kappa shape index (κ2) is 5.19. The van der Waals surface area contributed by atoms with Crippen molar-refractivity contribution in [2.45, 2.75) is 0 Å². The van der Waals surface area contributed by atoms with Crippen molar-refractivity contribution >= 4 is 29.2 Å². The molecule has 1 aliphatic rings. The fourth-order valence-corrected chi connectivity index (χ4v) is 1.82. The smallest absolute Gasteiger partial charge is 0.274 e. The predicted molar refractivity (Wildman–Crippen MR) is 66.0 cm³/mol. The van der Waals surface area contributed by atoms with Crippen molar-refractivity contribution in [2.75, 3.05) is 25.1 Å². The van der Waals surface area contributed by atoms with E-state index in [0.717, 1.165) is 0 Å². The number of nitrogens with one attached hydrogen (secondary N) is 2. The fraction of sp³-hybridized carbons (Fsp3) is 0.300. The summed E-state index contributed by atoms with van der Waals surface area (Å²) in [6.45, 7) is 0.872. The number of carbonyl (C=O) groups excluding carboxylic acids is 2. The zero-order valence-electron chi connectivity index (χ0n) is 9.44. The van der Waals surface area contributed by atoms with Gasteiger partial charge in [0.05, 0.1) is 11.6 Å². The van der Waals surface area contributed by atoms with E-state index in [1.807, 2.05) is 0 Å². The molecule has 0 saturated carbocycles. The molecule has 18 heavy (non-hydrogen) atoms. The van der Waals surface area contributed by atoms with Crippen LogP contribution < -0.4 is 16.6 Å². The third kappa shape index (κ3) is 2.52. The van der Waals surface area contributed by atoms with Crippen LogP contribution in [0.4, 0.5) is 5.82 Å². The molecule has 1 fully saturated rings. The molecule has 0 aromatic carbocycles. The van der Waals surface area contributed by atoms with Crippen LogP contribution in [-0.2, 0) is 4.79 Å². The lowest BCUT2D eigenvalue weighted by Crippen LogP contribution is -2.50.